The van der Waals surface area contributed by atoms with Gasteiger partial charge in [0, 0.05) is 0 Å². The van der Waals surface area contributed by atoms with Gasteiger partial charge in [-0.25, -0.2) is 0 Å². The van der Waals surface area contributed by atoms with Gasteiger partial charge < -0.3 is 1.43 Å². The summed E-state index contributed by atoms with van der Waals surface area (Å²) in [6.07, 6.45) is 0. The molecule has 0 amide bonds. The van der Waals surface area contributed by atoms with Gasteiger partial charge >= 0.3 is 39.9 Å². The smallest absolute Gasteiger partial charge is 1.00 e. The summed E-state index contributed by atoms with van der Waals surface area (Å²) in [4.78, 5) is -0.476. The first kappa shape index (κ1) is 15.8. The fourth-order valence-electron chi connectivity index (χ4n) is 0.869. The molecule has 1 aromatic rings. The van der Waals surface area contributed by atoms with Crippen molar-refractivity contribution in [3.05, 3.63) is 24.3 Å². The molecule has 1 aromatic carbocycles. The van der Waals surface area contributed by atoms with Gasteiger partial charge in [-0.05, 0) is 18.2 Å². The number of nitrogens with one attached hydrogen (secondary N) is 1. The van der Waals surface area contributed by atoms with Crippen LogP contribution in [0.4, 0.5) is 5.69 Å². The van der Waals surface area contributed by atoms with Crippen LogP contribution >= 0.6 is 0 Å². The van der Waals surface area contributed by atoms with Gasteiger partial charge in [-0.2, -0.15) is 16.8 Å². The van der Waals surface area contributed by atoms with E-state index in [0.29, 0.717) is 0 Å². The molecule has 0 bridgehead atoms. The van der Waals surface area contributed by atoms with Crippen molar-refractivity contribution in [1.29, 1.82) is 0 Å². The summed E-state index contributed by atoms with van der Waals surface area (Å²) in [5, 5.41) is 0. The first-order valence-corrected chi connectivity index (χ1v) is 6.39. The Morgan fingerprint density at radius 3 is 2.12 bits per heavy atom. The van der Waals surface area contributed by atoms with Gasteiger partial charge in [0.15, 0.2) is 0 Å². The molecule has 0 atom stereocenters. The Morgan fingerprint density at radius 2 is 1.69 bits per heavy atom. The Morgan fingerprint density at radius 1 is 1.12 bits per heavy atom. The van der Waals surface area contributed by atoms with Crippen LogP contribution in [0.1, 0.15) is 1.43 Å². The zero-order chi connectivity index (χ0) is 11.7. The maximum Gasteiger partial charge on any atom is 1.00 e. The molecule has 0 aliphatic carbocycles. The average Bonchev–Trinajstić information content (AvgIpc) is 1.99. The van der Waals surface area contributed by atoms with Gasteiger partial charge in [0.25, 0.3) is 10.1 Å². The fraction of sp³-hybridized carbons (Fsp3) is 0. The second-order valence-corrected chi connectivity index (χ2v) is 5.16. The zero-order valence-electron chi connectivity index (χ0n) is 9.15. The molecule has 10 heteroatoms. The van der Waals surface area contributed by atoms with Crippen LogP contribution in [0.2, 0.25) is 0 Å². The second-order valence-electron chi connectivity index (χ2n) is 2.58. The maximum atomic E-state index is 10.7. The summed E-state index contributed by atoms with van der Waals surface area (Å²) in [5.41, 5.74) is -0.173. The van der Waals surface area contributed by atoms with Gasteiger partial charge in [0.2, 0.25) is 0 Å². The largest absolute Gasteiger partial charge is 1.00 e. The first-order chi connectivity index (χ1) is 6.68. The molecule has 0 aliphatic heterocycles. The first-order valence-electron chi connectivity index (χ1n) is 3.51. The average molecular weight is 277 g/mol. The van der Waals surface area contributed by atoms with E-state index in [-0.39, 0.29) is 36.7 Å². The molecule has 1 rings (SSSR count). The summed E-state index contributed by atoms with van der Waals surface area (Å²) < 4.78 is 60.8. The van der Waals surface area contributed by atoms with E-state index < -0.39 is 25.3 Å². The topological polar surface area (TPSA) is 121 Å². The summed E-state index contributed by atoms with van der Waals surface area (Å²) in [6, 6.07) is 4.35. The van der Waals surface area contributed by atoms with Crippen LogP contribution < -0.4 is 34.3 Å². The van der Waals surface area contributed by atoms with E-state index in [2.05, 4.69) is 0 Å². The normalized spacial score (nSPS) is 11.6. The Kier molecular flexibility index (Phi) is 5.39. The molecule has 0 heterocycles. The van der Waals surface area contributed by atoms with Crippen molar-refractivity contribution in [2.75, 3.05) is 4.72 Å². The van der Waals surface area contributed by atoms with Crippen LogP contribution in [-0.2, 0) is 20.4 Å². The van der Waals surface area contributed by atoms with Gasteiger partial charge in [-0.1, -0.05) is 6.07 Å². The molecule has 0 radical (unpaired) electrons. The summed E-state index contributed by atoms with van der Waals surface area (Å²) in [7, 11) is -8.86. The second kappa shape index (κ2) is 5.45. The Hall–Kier alpha value is -0.160. The molecule has 0 spiro atoms. The van der Waals surface area contributed by atoms with Crippen molar-refractivity contribution >= 4 is 26.1 Å². The number of rotatable bonds is 3. The molecule has 0 fully saturated rings. The molecule has 7 nitrogen and oxygen atoms in total. The Bertz CT molecular complexity index is 572. The summed E-state index contributed by atoms with van der Waals surface area (Å²) >= 11 is 0. The fourth-order valence-corrected chi connectivity index (χ4v) is 1.82. The van der Waals surface area contributed by atoms with E-state index in [0.717, 1.165) is 12.1 Å². The molecule has 0 unspecified atom stereocenters. The van der Waals surface area contributed by atoms with Crippen molar-refractivity contribution in [2.24, 2.45) is 0 Å². The zero-order valence-corrected chi connectivity index (χ0v) is 11.8. The molecule has 3 N–H and O–H groups in total. The third kappa shape index (κ3) is 5.25. The minimum atomic E-state index is -4.47. The van der Waals surface area contributed by atoms with Crippen LogP contribution in [0.3, 0.4) is 0 Å². The van der Waals surface area contributed by atoms with Crippen LogP contribution in [0.15, 0.2) is 29.2 Å². The van der Waals surface area contributed by atoms with E-state index in [1.54, 1.807) is 4.72 Å². The van der Waals surface area contributed by atoms with Gasteiger partial charge in [0.1, 0.15) is 0 Å². The maximum absolute atomic E-state index is 10.7. The summed E-state index contributed by atoms with van der Waals surface area (Å²) in [5.74, 6) is 0. The molecule has 86 valence electrons. The molecule has 0 aromatic heterocycles. The molecular formula is C6H8NNaO6S2. The number of hydrogen-bond acceptors (Lipinski definition) is 4. The van der Waals surface area contributed by atoms with E-state index in [1.165, 1.54) is 12.1 Å². The predicted octanol–water partition coefficient (Wildman–Crippen LogP) is -2.74. The van der Waals surface area contributed by atoms with E-state index in [9.17, 15) is 16.8 Å². The van der Waals surface area contributed by atoms with Crippen molar-refractivity contribution in [3.8, 4) is 0 Å². The van der Waals surface area contributed by atoms with Crippen LogP contribution in [0, 0.1) is 0 Å². The molecule has 0 saturated carbocycles. The van der Waals surface area contributed by atoms with Crippen LogP contribution in [0.25, 0.3) is 0 Å². The molecular weight excluding hydrogens is 269 g/mol. The van der Waals surface area contributed by atoms with Crippen molar-refractivity contribution < 1.29 is 56.9 Å². The van der Waals surface area contributed by atoms with E-state index in [1.807, 2.05) is 0 Å². The van der Waals surface area contributed by atoms with E-state index in [4.69, 9.17) is 9.11 Å². The van der Waals surface area contributed by atoms with Crippen LogP contribution in [-0.4, -0.2) is 25.9 Å². The third-order valence-electron chi connectivity index (χ3n) is 1.38. The van der Waals surface area contributed by atoms with Gasteiger partial charge in [-0.15, -0.1) is 0 Å². The number of benzene rings is 1. The molecule has 16 heavy (non-hydrogen) atoms. The quantitative estimate of drug-likeness (QED) is 0.407. The molecule has 0 saturated heterocycles. The van der Waals surface area contributed by atoms with Gasteiger partial charge in [0.05, 0.1) is 10.6 Å². The van der Waals surface area contributed by atoms with Crippen molar-refractivity contribution in [3.63, 3.8) is 0 Å². The summed E-state index contributed by atoms with van der Waals surface area (Å²) in [6.45, 7) is 0. The predicted molar refractivity (Wildman–Crippen MR) is 52.5 cm³/mol. The number of hydrogen-bond donors (Lipinski definition) is 3. The van der Waals surface area contributed by atoms with E-state index >= 15 is 0 Å². The number of anilines is 1. The monoisotopic (exact) mass is 277 g/mol. The Labute approximate surface area is 116 Å². The Balaban J connectivity index is 0. The standard InChI is InChI=1S/C6H7NO6S2.Na.H/c8-14(9,10)6-3-1-2-5(4-6)7-15(11,12)13;;/h1-4,7H,(H,8,9,10)(H,11,12,13);;/q;+1;-1. The van der Waals surface area contributed by atoms with Crippen molar-refractivity contribution in [2.45, 2.75) is 4.90 Å². The minimum Gasteiger partial charge on any atom is -1.00 e. The molecule has 0 aliphatic rings. The minimum absolute atomic E-state index is 0. The van der Waals surface area contributed by atoms with Crippen LogP contribution in [0.5, 0.6) is 0 Å². The van der Waals surface area contributed by atoms with Crippen molar-refractivity contribution in [1.82, 2.24) is 0 Å². The van der Waals surface area contributed by atoms with Gasteiger partial charge in [-0.3, -0.25) is 13.8 Å². The third-order valence-corrected chi connectivity index (χ3v) is 2.72. The SMILES string of the molecule is O=S(=O)(O)Nc1cccc(S(=O)(=O)O)c1.[H-].[Na+].